The van der Waals surface area contributed by atoms with E-state index in [1.54, 1.807) is 6.20 Å². The fourth-order valence-corrected chi connectivity index (χ4v) is 3.16. The van der Waals surface area contributed by atoms with Gasteiger partial charge < -0.3 is 9.88 Å². The van der Waals surface area contributed by atoms with Gasteiger partial charge in [-0.15, -0.1) is 0 Å². The fraction of sp³-hybridized carbons (Fsp3) is 0.130. The van der Waals surface area contributed by atoms with E-state index in [0.29, 0.717) is 0 Å². The van der Waals surface area contributed by atoms with Crippen LogP contribution in [0.15, 0.2) is 85.5 Å². The van der Waals surface area contributed by atoms with E-state index in [1.807, 2.05) is 37.6 Å². The molecular weight excluding hydrogens is 332 g/mol. The van der Waals surface area contributed by atoms with Crippen LogP contribution in [0.1, 0.15) is 16.8 Å². The monoisotopic (exact) mass is 354 g/mol. The second-order valence-corrected chi connectivity index (χ2v) is 6.61. The third-order valence-corrected chi connectivity index (χ3v) is 4.55. The summed E-state index contributed by atoms with van der Waals surface area (Å²) in [5, 5.41) is 3.43. The summed E-state index contributed by atoms with van der Waals surface area (Å²) in [6.45, 7) is 3.58. The molecule has 0 aliphatic rings. The van der Waals surface area contributed by atoms with Gasteiger partial charge in [0.15, 0.2) is 0 Å². The van der Waals surface area contributed by atoms with Gasteiger partial charge in [-0.1, -0.05) is 54.6 Å². The zero-order valence-electron chi connectivity index (χ0n) is 15.3. The molecule has 0 fully saturated rings. The molecule has 0 atom stereocenters. The van der Waals surface area contributed by atoms with Gasteiger partial charge in [-0.25, -0.2) is 9.97 Å². The van der Waals surface area contributed by atoms with Crippen molar-refractivity contribution in [1.29, 1.82) is 0 Å². The van der Waals surface area contributed by atoms with Crippen LogP contribution < -0.4 is 5.32 Å². The number of hydrogen-bond donors (Lipinski definition) is 1. The zero-order valence-corrected chi connectivity index (χ0v) is 15.3. The number of aryl methyl sites for hydroxylation is 1. The highest BCUT2D eigenvalue weighted by atomic mass is 15.0. The van der Waals surface area contributed by atoms with E-state index in [2.05, 4.69) is 68.4 Å². The van der Waals surface area contributed by atoms with Crippen LogP contribution in [0, 0.1) is 6.92 Å². The lowest BCUT2D eigenvalue weighted by Crippen LogP contribution is -2.03. The molecule has 0 amide bonds. The van der Waals surface area contributed by atoms with Gasteiger partial charge in [-0.05, 0) is 41.3 Å². The molecule has 2 aromatic carbocycles. The molecule has 2 heterocycles. The zero-order chi connectivity index (χ0) is 18.5. The van der Waals surface area contributed by atoms with E-state index >= 15 is 0 Å². The molecule has 4 aromatic rings. The van der Waals surface area contributed by atoms with Crippen molar-refractivity contribution in [3.8, 4) is 11.1 Å². The van der Waals surface area contributed by atoms with Gasteiger partial charge in [0, 0.05) is 31.2 Å². The summed E-state index contributed by atoms with van der Waals surface area (Å²) in [6.07, 6.45) is 5.63. The lowest BCUT2D eigenvalue weighted by Gasteiger charge is -2.12. The molecule has 0 aliphatic carbocycles. The van der Waals surface area contributed by atoms with E-state index < -0.39 is 0 Å². The molecule has 4 nitrogen and oxygen atoms in total. The highest BCUT2D eigenvalue weighted by Gasteiger charge is 2.06. The number of aromatic nitrogens is 3. The van der Waals surface area contributed by atoms with Crippen LogP contribution in [-0.4, -0.2) is 14.5 Å². The van der Waals surface area contributed by atoms with Gasteiger partial charge in [0.1, 0.15) is 5.82 Å². The molecule has 1 N–H and O–H groups in total. The Hall–Kier alpha value is -3.40. The van der Waals surface area contributed by atoms with Crippen LogP contribution >= 0.6 is 0 Å². The van der Waals surface area contributed by atoms with Gasteiger partial charge in [0.2, 0.25) is 0 Å². The fourth-order valence-electron chi connectivity index (χ4n) is 3.16. The minimum absolute atomic E-state index is 0.739. The van der Waals surface area contributed by atoms with Gasteiger partial charge in [-0.2, -0.15) is 0 Å². The molecule has 2 aromatic heterocycles. The summed E-state index contributed by atoms with van der Waals surface area (Å²) < 4.78 is 2.07. The van der Waals surface area contributed by atoms with Gasteiger partial charge >= 0.3 is 0 Å². The van der Waals surface area contributed by atoms with Gasteiger partial charge in [0.05, 0.1) is 6.33 Å². The Morgan fingerprint density at radius 3 is 2.56 bits per heavy atom. The average Bonchev–Trinajstić information content (AvgIpc) is 3.20. The first-order valence-corrected chi connectivity index (χ1v) is 9.08. The second kappa shape index (κ2) is 7.87. The normalized spacial score (nSPS) is 10.7. The molecule has 134 valence electrons. The summed E-state index contributed by atoms with van der Waals surface area (Å²) in [6, 6.07) is 23.3. The quantitative estimate of drug-likeness (QED) is 0.535. The average molecular weight is 354 g/mol. The maximum atomic E-state index is 4.52. The van der Waals surface area contributed by atoms with Gasteiger partial charge in [0.25, 0.3) is 0 Å². The van der Waals surface area contributed by atoms with Crippen molar-refractivity contribution in [2.24, 2.45) is 0 Å². The van der Waals surface area contributed by atoms with E-state index in [-0.39, 0.29) is 0 Å². The number of pyridine rings is 1. The number of rotatable bonds is 6. The summed E-state index contributed by atoms with van der Waals surface area (Å²) in [5.74, 6) is 0.903. The third kappa shape index (κ3) is 4.23. The van der Waals surface area contributed by atoms with Crippen molar-refractivity contribution < 1.29 is 0 Å². The van der Waals surface area contributed by atoms with E-state index in [4.69, 9.17) is 0 Å². The standard InChI is InChI=1S/C23H22N4/c1-18-5-4-8-23(26-18)25-15-21-6-2-3-7-22(21)20-11-9-19(10-12-20)16-27-14-13-24-17-27/h2-14,17H,15-16H2,1H3,(H,25,26). The maximum Gasteiger partial charge on any atom is 0.126 e. The summed E-state index contributed by atoms with van der Waals surface area (Å²) in [7, 11) is 0. The highest BCUT2D eigenvalue weighted by Crippen LogP contribution is 2.25. The Bertz CT molecular complexity index is 1000. The lowest BCUT2D eigenvalue weighted by atomic mass is 9.98. The minimum Gasteiger partial charge on any atom is -0.366 e. The molecule has 4 rings (SSSR count). The molecular formula is C23H22N4. The molecule has 0 saturated heterocycles. The SMILES string of the molecule is Cc1cccc(NCc2ccccc2-c2ccc(Cn3ccnc3)cc2)n1. The predicted octanol–water partition coefficient (Wildman–Crippen LogP) is 4.91. The second-order valence-electron chi connectivity index (χ2n) is 6.61. The molecule has 27 heavy (non-hydrogen) atoms. The predicted molar refractivity (Wildman–Crippen MR) is 110 cm³/mol. The van der Waals surface area contributed by atoms with Crippen LogP contribution in [0.5, 0.6) is 0 Å². The summed E-state index contributed by atoms with van der Waals surface area (Å²) in [5.41, 5.74) is 5.99. The lowest BCUT2D eigenvalue weighted by molar-refractivity contribution is 0.797. The Labute approximate surface area is 159 Å². The smallest absolute Gasteiger partial charge is 0.126 e. The Balaban J connectivity index is 1.51. The van der Waals surface area contributed by atoms with Crippen molar-refractivity contribution in [3.05, 3.63) is 102 Å². The number of imidazole rings is 1. The minimum atomic E-state index is 0.739. The number of anilines is 1. The topological polar surface area (TPSA) is 42.7 Å². The largest absolute Gasteiger partial charge is 0.366 e. The molecule has 0 saturated carbocycles. The summed E-state index contributed by atoms with van der Waals surface area (Å²) in [4.78, 5) is 8.62. The number of benzene rings is 2. The van der Waals surface area contributed by atoms with Crippen LogP contribution in [-0.2, 0) is 13.1 Å². The van der Waals surface area contributed by atoms with Crippen molar-refractivity contribution in [3.63, 3.8) is 0 Å². The number of nitrogens with one attached hydrogen (secondary N) is 1. The Kier molecular flexibility index (Phi) is 4.97. The molecule has 0 unspecified atom stereocenters. The highest BCUT2D eigenvalue weighted by molar-refractivity contribution is 5.68. The van der Waals surface area contributed by atoms with E-state index in [0.717, 1.165) is 24.6 Å². The first kappa shape index (κ1) is 17.0. The van der Waals surface area contributed by atoms with Crippen LogP contribution in [0.4, 0.5) is 5.82 Å². The third-order valence-electron chi connectivity index (χ3n) is 4.55. The molecule has 0 radical (unpaired) electrons. The first-order valence-electron chi connectivity index (χ1n) is 9.08. The van der Waals surface area contributed by atoms with E-state index in [1.165, 1.54) is 22.3 Å². The Morgan fingerprint density at radius 1 is 0.926 bits per heavy atom. The molecule has 0 bridgehead atoms. The number of hydrogen-bond acceptors (Lipinski definition) is 3. The van der Waals surface area contributed by atoms with Crippen molar-refractivity contribution >= 4 is 5.82 Å². The first-order chi connectivity index (χ1) is 13.3. The summed E-state index contributed by atoms with van der Waals surface area (Å²) >= 11 is 0. The van der Waals surface area contributed by atoms with E-state index in [9.17, 15) is 0 Å². The van der Waals surface area contributed by atoms with Crippen molar-refractivity contribution in [1.82, 2.24) is 14.5 Å². The van der Waals surface area contributed by atoms with Crippen molar-refractivity contribution in [2.75, 3.05) is 5.32 Å². The van der Waals surface area contributed by atoms with Crippen LogP contribution in [0.2, 0.25) is 0 Å². The number of nitrogens with zero attached hydrogens (tertiary/aromatic N) is 3. The molecule has 0 aliphatic heterocycles. The maximum absolute atomic E-state index is 4.52. The van der Waals surface area contributed by atoms with Crippen LogP contribution in [0.25, 0.3) is 11.1 Å². The molecule has 4 heteroatoms. The van der Waals surface area contributed by atoms with Crippen molar-refractivity contribution in [2.45, 2.75) is 20.0 Å². The molecule has 0 spiro atoms. The van der Waals surface area contributed by atoms with Gasteiger partial charge in [-0.3, -0.25) is 0 Å². The van der Waals surface area contributed by atoms with Crippen LogP contribution in [0.3, 0.4) is 0 Å². The Morgan fingerprint density at radius 2 is 1.78 bits per heavy atom.